The summed E-state index contributed by atoms with van der Waals surface area (Å²) >= 11 is 0. The van der Waals surface area contributed by atoms with Crippen LogP contribution in [-0.2, 0) is 0 Å². The van der Waals surface area contributed by atoms with Crippen molar-refractivity contribution in [2.45, 2.75) is 32.2 Å². The molecule has 1 amide bonds. The van der Waals surface area contributed by atoms with E-state index in [9.17, 15) is 14.3 Å². The van der Waals surface area contributed by atoms with E-state index in [-0.39, 0.29) is 23.3 Å². The molecular formula is C15H21FN2O2. The number of phenolic OH excluding ortho intramolecular Hbond substituents is 1. The lowest BCUT2D eigenvalue weighted by atomic mass is 10.0. The molecule has 0 heterocycles. The van der Waals surface area contributed by atoms with Gasteiger partial charge in [0.25, 0.3) is 5.91 Å². The molecular weight excluding hydrogens is 259 g/mol. The minimum Gasteiger partial charge on any atom is -0.508 e. The summed E-state index contributed by atoms with van der Waals surface area (Å²) in [5, 5.41) is 9.23. The smallest absolute Gasteiger partial charge is 0.257 e. The molecule has 1 fully saturated rings. The molecule has 2 unspecified atom stereocenters. The fraction of sp³-hybridized carbons (Fsp3) is 0.533. The van der Waals surface area contributed by atoms with Gasteiger partial charge in [-0.25, -0.2) is 4.39 Å². The highest BCUT2D eigenvalue weighted by Crippen LogP contribution is 2.30. The van der Waals surface area contributed by atoms with Gasteiger partial charge in [-0.15, -0.1) is 0 Å². The van der Waals surface area contributed by atoms with Gasteiger partial charge in [-0.05, 0) is 44.4 Å². The summed E-state index contributed by atoms with van der Waals surface area (Å²) in [5.74, 6) is -0.895. The zero-order chi connectivity index (χ0) is 14.7. The highest BCUT2D eigenvalue weighted by atomic mass is 19.1. The van der Waals surface area contributed by atoms with Gasteiger partial charge in [0, 0.05) is 18.7 Å². The first kappa shape index (κ1) is 14.8. The van der Waals surface area contributed by atoms with E-state index >= 15 is 0 Å². The molecule has 0 aliphatic heterocycles. The molecule has 0 radical (unpaired) electrons. The molecule has 2 rings (SSSR count). The predicted octanol–water partition coefficient (Wildman–Crippen LogP) is 2.12. The molecule has 3 N–H and O–H groups in total. The van der Waals surface area contributed by atoms with Crippen LogP contribution in [0.1, 0.15) is 36.5 Å². The lowest BCUT2D eigenvalue weighted by Crippen LogP contribution is -2.44. The Balaban J connectivity index is 2.24. The number of nitrogens with two attached hydrogens (primary N) is 1. The second kappa shape index (κ2) is 6.22. The molecule has 0 spiro atoms. The first-order valence-electron chi connectivity index (χ1n) is 7.08. The lowest BCUT2D eigenvalue weighted by Gasteiger charge is -2.32. The van der Waals surface area contributed by atoms with Crippen molar-refractivity contribution in [1.29, 1.82) is 0 Å². The number of nitrogens with zero attached hydrogens (tertiary/aromatic N) is 1. The summed E-state index contributed by atoms with van der Waals surface area (Å²) < 4.78 is 13.8. The second-order valence-corrected chi connectivity index (χ2v) is 5.25. The summed E-state index contributed by atoms with van der Waals surface area (Å²) in [6, 6.07) is 3.72. The Morgan fingerprint density at radius 1 is 1.50 bits per heavy atom. The van der Waals surface area contributed by atoms with E-state index in [1.54, 1.807) is 4.90 Å². The Morgan fingerprint density at radius 3 is 2.85 bits per heavy atom. The van der Waals surface area contributed by atoms with Gasteiger partial charge in [-0.3, -0.25) is 4.79 Å². The Bertz CT molecular complexity index is 493. The van der Waals surface area contributed by atoms with E-state index in [2.05, 4.69) is 0 Å². The molecule has 0 aromatic heterocycles. The average molecular weight is 280 g/mol. The maximum Gasteiger partial charge on any atom is 0.257 e. The number of halogens is 1. The van der Waals surface area contributed by atoms with Gasteiger partial charge in [0.05, 0.1) is 5.56 Å². The fourth-order valence-electron chi connectivity index (χ4n) is 3.06. The Morgan fingerprint density at radius 2 is 2.25 bits per heavy atom. The van der Waals surface area contributed by atoms with Crippen molar-refractivity contribution in [3.8, 4) is 5.75 Å². The third-order valence-electron chi connectivity index (χ3n) is 4.11. The van der Waals surface area contributed by atoms with Crippen LogP contribution < -0.4 is 5.73 Å². The van der Waals surface area contributed by atoms with Crippen LogP contribution in [-0.4, -0.2) is 35.0 Å². The Hall–Kier alpha value is -1.62. The molecule has 4 nitrogen and oxygen atoms in total. The van der Waals surface area contributed by atoms with Crippen LogP contribution in [0.25, 0.3) is 0 Å². The molecule has 0 bridgehead atoms. The monoisotopic (exact) mass is 280 g/mol. The standard InChI is InChI=1S/C15H21FN2O2/c1-2-18(14-5-3-4-10(14)9-17)15(20)12-7-6-11(19)8-13(12)16/h6-8,10,14,19H,2-5,9,17H2,1H3. The van der Waals surface area contributed by atoms with Gasteiger partial charge in [0.15, 0.2) is 0 Å². The molecule has 5 heteroatoms. The summed E-state index contributed by atoms with van der Waals surface area (Å²) in [7, 11) is 0. The Kier molecular flexibility index (Phi) is 4.60. The molecule has 1 aromatic rings. The Labute approximate surface area is 118 Å². The molecule has 1 aliphatic carbocycles. The van der Waals surface area contributed by atoms with Crippen LogP contribution in [0.5, 0.6) is 5.75 Å². The van der Waals surface area contributed by atoms with Crippen molar-refractivity contribution in [1.82, 2.24) is 4.90 Å². The maximum atomic E-state index is 13.8. The SMILES string of the molecule is CCN(C(=O)c1ccc(O)cc1F)C1CCCC1CN. The minimum absolute atomic E-state index is 0.00678. The number of amides is 1. The van der Waals surface area contributed by atoms with Crippen molar-refractivity contribution in [2.24, 2.45) is 11.7 Å². The van der Waals surface area contributed by atoms with Gasteiger partial charge >= 0.3 is 0 Å². The third-order valence-corrected chi connectivity index (χ3v) is 4.11. The quantitative estimate of drug-likeness (QED) is 0.887. The fourth-order valence-corrected chi connectivity index (χ4v) is 3.06. The molecule has 110 valence electrons. The van der Waals surface area contributed by atoms with Gasteiger partial charge in [0.2, 0.25) is 0 Å². The predicted molar refractivity (Wildman–Crippen MR) is 75.0 cm³/mol. The second-order valence-electron chi connectivity index (χ2n) is 5.25. The summed E-state index contributed by atoms with van der Waals surface area (Å²) in [6.45, 7) is 2.97. The van der Waals surface area contributed by atoms with Gasteiger partial charge < -0.3 is 15.7 Å². The van der Waals surface area contributed by atoms with E-state index in [1.165, 1.54) is 12.1 Å². The molecule has 0 saturated heterocycles. The van der Waals surface area contributed by atoms with Crippen molar-refractivity contribution < 1.29 is 14.3 Å². The number of rotatable bonds is 4. The van der Waals surface area contributed by atoms with Crippen LogP contribution in [0.3, 0.4) is 0 Å². The van der Waals surface area contributed by atoms with Crippen LogP contribution in [0.2, 0.25) is 0 Å². The highest BCUT2D eigenvalue weighted by Gasteiger charge is 2.34. The van der Waals surface area contributed by atoms with Crippen molar-refractivity contribution >= 4 is 5.91 Å². The number of benzene rings is 1. The first-order chi connectivity index (χ1) is 9.58. The van der Waals surface area contributed by atoms with Crippen LogP contribution in [0.4, 0.5) is 4.39 Å². The summed E-state index contributed by atoms with van der Waals surface area (Å²) in [6.07, 6.45) is 2.98. The number of aromatic hydroxyl groups is 1. The van der Waals surface area contributed by atoms with Crippen LogP contribution in [0, 0.1) is 11.7 Å². The zero-order valence-corrected chi connectivity index (χ0v) is 11.7. The number of hydrogen-bond donors (Lipinski definition) is 2. The van der Waals surface area contributed by atoms with Crippen molar-refractivity contribution in [3.63, 3.8) is 0 Å². The number of hydrogen-bond acceptors (Lipinski definition) is 3. The molecule has 1 aliphatic rings. The first-order valence-corrected chi connectivity index (χ1v) is 7.08. The maximum absolute atomic E-state index is 13.8. The van der Waals surface area contributed by atoms with E-state index in [1.807, 2.05) is 6.92 Å². The third kappa shape index (κ3) is 2.77. The highest BCUT2D eigenvalue weighted by molar-refractivity contribution is 5.94. The van der Waals surface area contributed by atoms with E-state index in [0.29, 0.717) is 19.0 Å². The normalized spacial score (nSPS) is 21.9. The lowest BCUT2D eigenvalue weighted by molar-refractivity contribution is 0.0647. The number of phenols is 1. The van der Waals surface area contributed by atoms with E-state index in [4.69, 9.17) is 5.73 Å². The van der Waals surface area contributed by atoms with Gasteiger partial charge in [-0.2, -0.15) is 0 Å². The van der Waals surface area contributed by atoms with E-state index in [0.717, 1.165) is 25.3 Å². The number of carbonyl (C=O) groups excluding carboxylic acids is 1. The average Bonchev–Trinajstić information content (AvgIpc) is 2.87. The van der Waals surface area contributed by atoms with Gasteiger partial charge in [0.1, 0.15) is 11.6 Å². The van der Waals surface area contributed by atoms with Gasteiger partial charge in [-0.1, -0.05) is 6.42 Å². The summed E-state index contributed by atoms with van der Waals surface area (Å²) in [4.78, 5) is 14.2. The van der Waals surface area contributed by atoms with Crippen LogP contribution in [0.15, 0.2) is 18.2 Å². The molecule has 1 aromatic carbocycles. The topological polar surface area (TPSA) is 66.6 Å². The number of carbonyl (C=O) groups is 1. The van der Waals surface area contributed by atoms with Crippen molar-refractivity contribution in [3.05, 3.63) is 29.6 Å². The molecule has 2 atom stereocenters. The molecule has 20 heavy (non-hydrogen) atoms. The minimum atomic E-state index is -0.684. The zero-order valence-electron chi connectivity index (χ0n) is 11.7. The van der Waals surface area contributed by atoms with Crippen LogP contribution >= 0.6 is 0 Å². The van der Waals surface area contributed by atoms with Crippen molar-refractivity contribution in [2.75, 3.05) is 13.1 Å². The largest absolute Gasteiger partial charge is 0.508 e. The van der Waals surface area contributed by atoms with E-state index < -0.39 is 5.82 Å². The molecule has 1 saturated carbocycles. The summed E-state index contributed by atoms with van der Waals surface area (Å²) in [5.41, 5.74) is 5.77.